The lowest BCUT2D eigenvalue weighted by molar-refractivity contribution is -0.141. The number of hydrogen-bond donors (Lipinski definition) is 0. The van der Waals surface area contributed by atoms with Crippen molar-refractivity contribution in [3.8, 4) is 0 Å². The number of epoxide rings is 1. The Kier molecular flexibility index (Phi) is 2.54. The van der Waals surface area contributed by atoms with Gasteiger partial charge in [-0.1, -0.05) is 6.42 Å². The van der Waals surface area contributed by atoms with Gasteiger partial charge in [0.2, 0.25) is 0 Å². The highest BCUT2D eigenvalue weighted by Crippen LogP contribution is 2.41. The van der Waals surface area contributed by atoms with Crippen molar-refractivity contribution >= 4 is 5.97 Å². The predicted molar refractivity (Wildman–Crippen MR) is 47.3 cm³/mol. The summed E-state index contributed by atoms with van der Waals surface area (Å²) in [6.45, 7) is 2.02. The SMILES string of the molecule is CC(=O)OCCC1CCC[C@@H]2O[C@@H]12. The van der Waals surface area contributed by atoms with Crippen LogP contribution in [0.15, 0.2) is 0 Å². The summed E-state index contributed by atoms with van der Waals surface area (Å²) in [6.07, 6.45) is 5.74. The van der Waals surface area contributed by atoms with Gasteiger partial charge >= 0.3 is 5.97 Å². The highest BCUT2D eigenvalue weighted by Gasteiger charge is 2.46. The van der Waals surface area contributed by atoms with E-state index in [9.17, 15) is 4.79 Å². The maximum Gasteiger partial charge on any atom is 0.302 e. The summed E-state index contributed by atoms with van der Waals surface area (Å²) < 4.78 is 10.4. The Labute approximate surface area is 78.4 Å². The third-order valence-corrected chi connectivity index (χ3v) is 2.94. The topological polar surface area (TPSA) is 38.8 Å². The summed E-state index contributed by atoms with van der Waals surface area (Å²) in [4.78, 5) is 10.5. The van der Waals surface area contributed by atoms with E-state index >= 15 is 0 Å². The Hall–Kier alpha value is -0.570. The zero-order valence-electron chi connectivity index (χ0n) is 7.99. The minimum Gasteiger partial charge on any atom is -0.466 e. The smallest absolute Gasteiger partial charge is 0.302 e. The van der Waals surface area contributed by atoms with Gasteiger partial charge in [-0.3, -0.25) is 4.79 Å². The van der Waals surface area contributed by atoms with Crippen LogP contribution in [-0.2, 0) is 14.3 Å². The fraction of sp³-hybridized carbons (Fsp3) is 0.900. The van der Waals surface area contributed by atoms with Crippen molar-refractivity contribution in [2.45, 2.75) is 44.8 Å². The van der Waals surface area contributed by atoms with Gasteiger partial charge < -0.3 is 9.47 Å². The molecular formula is C10H16O3. The lowest BCUT2D eigenvalue weighted by atomic mass is 9.87. The van der Waals surface area contributed by atoms with E-state index in [1.165, 1.54) is 26.2 Å². The molecule has 0 spiro atoms. The van der Waals surface area contributed by atoms with Crippen LogP contribution < -0.4 is 0 Å². The summed E-state index contributed by atoms with van der Waals surface area (Å²) in [6, 6.07) is 0. The second-order valence-electron chi connectivity index (χ2n) is 3.96. The molecule has 1 saturated heterocycles. The van der Waals surface area contributed by atoms with E-state index in [-0.39, 0.29) is 5.97 Å². The molecule has 1 saturated carbocycles. The molecule has 1 aliphatic heterocycles. The molecule has 0 aromatic rings. The maximum atomic E-state index is 10.5. The Morgan fingerprint density at radius 1 is 1.54 bits per heavy atom. The van der Waals surface area contributed by atoms with Gasteiger partial charge in [-0.05, 0) is 25.2 Å². The number of fused-ring (bicyclic) bond motifs is 1. The molecule has 2 rings (SSSR count). The highest BCUT2D eigenvalue weighted by molar-refractivity contribution is 5.65. The Morgan fingerprint density at radius 3 is 3.15 bits per heavy atom. The second-order valence-corrected chi connectivity index (χ2v) is 3.96. The minimum atomic E-state index is -0.177. The van der Waals surface area contributed by atoms with E-state index in [1.54, 1.807) is 0 Å². The van der Waals surface area contributed by atoms with Gasteiger partial charge in [0.1, 0.15) is 0 Å². The van der Waals surface area contributed by atoms with Crippen molar-refractivity contribution in [1.29, 1.82) is 0 Å². The number of esters is 1. The maximum absolute atomic E-state index is 10.5. The molecular weight excluding hydrogens is 168 g/mol. The summed E-state index contributed by atoms with van der Waals surface area (Å²) in [5.41, 5.74) is 0. The monoisotopic (exact) mass is 184 g/mol. The molecule has 1 aliphatic carbocycles. The number of ether oxygens (including phenoxy) is 2. The fourth-order valence-corrected chi connectivity index (χ4v) is 2.21. The third-order valence-electron chi connectivity index (χ3n) is 2.94. The van der Waals surface area contributed by atoms with Gasteiger partial charge in [0.25, 0.3) is 0 Å². The van der Waals surface area contributed by atoms with E-state index in [0.717, 1.165) is 6.42 Å². The Bertz CT molecular complexity index is 202. The average Bonchev–Trinajstić information content (AvgIpc) is 2.82. The molecule has 0 aromatic carbocycles. The molecule has 0 radical (unpaired) electrons. The van der Waals surface area contributed by atoms with E-state index in [4.69, 9.17) is 9.47 Å². The van der Waals surface area contributed by atoms with Crippen LogP contribution in [0.3, 0.4) is 0 Å². The fourth-order valence-electron chi connectivity index (χ4n) is 2.21. The number of carbonyl (C=O) groups is 1. The van der Waals surface area contributed by atoms with E-state index in [2.05, 4.69) is 0 Å². The zero-order valence-corrected chi connectivity index (χ0v) is 7.99. The first-order valence-electron chi connectivity index (χ1n) is 5.06. The summed E-state index contributed by atoms with van der Waals surface area (Å²) in [7, 11) is 0. The first kappa shape index (κ1) is 9.00. The number of rotatable bonds is 3. The quantitative estimate of drug-likeness (QED) is 0.493. The van der Waals surface area contributed by atoms with Crippen molar-refractivity contribution in [2.24, 2.45) is 5.92 Å². The molecule has 3 heteroatoms. The molecule has 0 bridgehead atoms. The molecule has 3 atom stereocenters. The van der Waals surface area contributed by atoms with Crippen molar-refractivity contribution in [3.05, 3.63) is 0 Å². The van der Waals surface area contributed by atoms with Crippen molar-refractivity contribution in [2.75, 3.05) is 6.61 Å². The van der Waals surface area contributed by atoms with Gasteiger partial charge in [0, 0.05) is 6.92 Å². The molecule has 0 amide bonds. The van der Waals surface area contributed by atoms with Crippen LogP contribution >= 0.6 is 0 Å². The first-order chi connectivity index (χ1) is 6.27. The van der Waals surface area contributed by atoms with Crippen LogP contribution in [0.2, 0.25) is 0 Å². The van der Waals surface area contributed by atoms with E-state index in [0.29, 0.717) is 24.7 Å². The highest BCUT2D eigenvalue weighted by atomic mass is 16.6. The van der Waals surface area contributed by atoms with Crippen LogP contribution in [0.5, 0.6) is 0 Å². The third kappa shape index (κ3) is 2.21. The van der Waals surface area contributed by atoms with Gasteiger partial charge in [-0.2, -0.15) is 0 Å². The molecule has 1 unspecified atom stereocenters. The van der Waals surface area contributed by atoms with E-state index in [1.807, 2.05) is 0 Å². The van der Waals surface area contributed by atoms with Crippen molar-refractivity contribution < 1.29 is 14.3 Å². The molecule has 0 N–H and O–H groups in total. The van der Waals surface area contributed by atoms with Crippen LogP contribution in [0, 0.1) is 5.92 Å². The molecule has 2 fully saturated rings. The molecule has 2 aliphatic rings. The summed E-state index contributed by atoms with van der Waals surface area (Å²) >= 11 is 0. The first-order valence-corrected chi connectivity index (χ1v) is 5.06. The minimum absolute atomic E-state index is 0.177. The summed E-state index contributed by atoms with van der Waals surface area (Å²) in [5, 5.41) is 0. The lowest BCUT2D eigenvalue weighted by Crippen LogP contribution is -2.18. The van der Waals surface area contributed by atoms with Gasteiger partial charge in [0.05, 0.1) is 18.8 Å². The van der Waals surface area contributed by atoms with Crippen LogP contribution in [0.25, 0.3) is 0 Å². The van der Waals surface area contributed by atoms with Gasteiger partial charge in [0.15, 0.2) is 0 Å². The standard InChI is InChI=1S/C10H16O3/c1-7(11)12-6-5-8-3-2-4-9-10(8)13-9/h8-10H,2-6H2,1H3/t8?,9-,10-/m0/s1. The van der Waals surface area contributed by atoms with Crippen LogP contribution in [0.1, 0.15) is 32.6 Å². The molecule has 3 nitrogen and oxygen atoms in total. The number of carbonyl (C=O) groups excluding carboxylic acids is 1. The molecule has 0 aromatic heterocycles. The Morgan fingerprint density at radius 2 is 2.38 bits per heavy atom. The largest absolute Gasteiger partial charge is 0.466 e. The van der Waals surface area contributed by atoms with Crippen LogP contribution in [-0.4, -0.2) is 24.8 Å². The van der Waals surface area contributed by atoms with E-state index < -0.39 is 0 Å². The number of hydrogen-bond acceptors (Lipinski definition) is 3. The normalized spacial score (nSPS) is 36.5. The Balaban J connectivity index is 1.66. The van der Waals surface area contributed by atoms with Crippen molar-refractivity contribution in [3.63, 3.8) is 0 Å². The summed E-state index contributed by atoms with van der Waals surface area (Å²) in [5.74, 6) is 0.460. The van der Waals surface area contributed by atoms with Gasteiger partial charge in [-0.15, -0.1) is 0 Å². The second kappa shape index (κ2) is 3.66. The molecule has 74 valence electrons. The van der Waals surface area contributed by atoms with Gasteiger partial charge in [-0.25, -0.2) is 0 Å². The molecule has 1 heterocycles. The average molecular weight is 184 g/mol. The van der Waals surface area contributed by atoms with Crippen LogP contribution in [0.4, 0.5) is 0 Å². The zero-order chi connectivity index (χ0) is 9.26. The molecule has 13 heavy (non-hydrogen) atoms. The predicted octanol–water partition coefficient (Wildman–Crippen LogP) is 1.51. The van der Waals surface area contributed by atoms with Crippen molar-refractivity contribution in [1.82, 2.24) is 0 Å². The lowest BCUT2D eigenvalue weighted by Gasteiger charge is -2.17.